The Morgan fingerprint density at radius 1 is 1.19 bits per heavy atom. The van der Waals surface area contributed by atoms with Crippen LogP contribution in [0.25, 0.3) is 0 Å². The number of benzene rings is 2. The van der Waals surface area contributed by atoms with Crippen molar-refractivity contribution in [1.29, 1.82) is 0 Å². The van der Waals surface area contributed by atoms with Crippen LogP contribution in [0.4, 0.5) is 20.2 Å². The molecule has 2 aromatic carbocycles. The number of rotatable bonds is 2. The molecule has 3 N–H and O–H groups in total. The Morgan fingerprint density at radius 2 is 1.86 bits per heavy atom. The first-order chi connectivity index (χ1) is 9.79. The third kappa shape index (κ3) is 3.25. The number of amides is 1. The first-order valence-corrected chi connectivity index (χ1v) is 6.56. The fourth-order valence-corrected chi connectivity index (χ4v) is 2.30. The van der Waals surface area contributed by atoms with Crippen molar-refractivity contribution < 1.29 is 13.6 Å². The van der Waals surface area contributed by atoms with Crippen molar-refractivity contribution in [2.24, 2.45) is 0 Å². The number of aryl methyl sites for hydroxylation is 1. The molecule has 0 aromatic heterocycles. The van der Waals surface area contributed by atoms with Gasteiger partial charge in [-0.05, 0) is 30.7 Å². The second-order valence-corrected chi connectivity index (χ2v) is 5.23. The predicted molar refractivity (Wildman–Crippen MR) is 79.9 cm³/mol. The molecule has 0 fully saturated rings. The smallest absolute Gasteiger partial charge is 0.257 e. The van der Waals surface area contributed by atoms with Gasteiger partial charge in [0.2, 0.25) is 0 Å². The van der Waals surface area contributed by atoms with Gasteiger partial charge >= 0.3 is 0 Å². The lowest BCUT2D eigenvalue weighted by molar-refractivity contribution is 0.102. The molecule has 0 aliphatic carbocycles. The minimum atomic E-state index is -0.981. The van der Waals surface area contributed by atoms with E-state index in [1.54, 1.807) is 13.0 Å². The molecule has 0 unspecified atom stereocenters. The zero-order chi connectivity index (χ0) is 15.7. The lowest BCUT2D eigenvalue weighted by Gasteiger charge is -2.12. The van der Waals surface area contributed by atoms with E-state index in [0.29, 0.717) is 16.7 Å². The minimum Gasteiger partial charge on any atom is -0.398 e. The third-order valence-corrected chi connectivity index (χ3v) is 3.36. The molecule has 21 heavy (non-hydrogen) atoms. The number of nitrogens with one attached hydrogen (secondary N) is 1. The lowest BCUT2D eigenvalue weighted by Crippen LogP contribution is -2.16. The summed E-state index contributed by atoms with van der Waals surface area (Å²) in [5.41, 5.74) is 6.39. The number of nitrogens with two attached hydrogens (primary N) is 1. The van der Waals surface area contributed by atoms with Gasteiger partial charge in [0.1, 0.15) is 5.82 Å². The van der Waals surface area contributed by atoms with Crippen molar-refractivity contribution in [3.63, 3.8) is 0 Å². The highest BCUT2D eigenvalue weighted by Crippen LogP contribution is 2.28. The lowest BCUT2D eigenvalue weighted by atomic mass is 10.1. The van der Waals surface area contributed by atoms with E-state index in [4.69, 9.17) is 28.9 Å². The van der Waals surface area contributed by atoms with Gasteiger partial charge in [0.05, 0.1) is 16.3 Å². The molecule has 2 aromatic rings. The Morgan fingerprint density at radius 3 is 2.48 bits per heavy atom. The number of hydrogen-bond acceptors (Lipinski definition) is 2. The highest BCUT2D eigenvalue weighted by Gasteiger charge is 2.17. The minimum absolute atomic E-state index is 0.0831. The summed E-state index contributed by atoms with van der Waals surface area (Å²) in [5.74, 6) is -2.51. The van der Waals surface area contributed by atoms with Gasteiger partial charge in [0.25, 0.3) is 5.91 Å². The number of halogens is 4. The normalized spacial score (nSPS) is 10.5. The maximum absolute atomic E-state index is 13.6. The standard InChI is InChI=1S/C14H10Cl2F2N2O/c1-6-2-7(15)3-9(12(6)19)14(21)20-13-10(16)4-8(17)5-11(13)18/h2-5H,19H2,1H3,(H,20,21). The summed E-state index contributed by atoms with van der Waals surface area (Å²) in [6.07, 6.45) is 0. The zero-order valence-electron chi connectivity index (χ0n) is 10.8. The van der Waals surface area contributed by atoms with Crippen LogP contribution in [0.3, 0.4) is 0 Å². The molecule has 1 amide bonds. The van der Waals surface area contributed by atoms with Gasteiger partial charge in [-0.15, -0.1) is 0 Å². The zero-order valence-corrected chi connectivity index (χ0v) is 12.3. The average Bonchev–Trinajstić information content (AvgIpc) is 2.37. The maximum Gasteiger partial charge on any atom is 0.257 e. The highest BCUT2D eigenvalue weighted by molar-refractivity contribution is 6.34. The van der Waals surface area contributed by atoms with Crippen molar-refractivity contribution in [1.82, 2.24) is 0 Å². The van der Waals surface area contributed by atoms with Gasteiger partial charge in [0, 0.05) is 16.8 Å². The molecule has 7 heteroatoms. The number of hydrogen-bond donors (Lipinski definition) is 2. The Balaban J connectivity index is 2.40. The second kappa shape index (κ2) is 5.87. The van der Waals surface area contributed by atoms with Gasteiger partial charge in [0.15, 0.2) is 5.82 Å². The predicted octanol–water partition coefficient (Wildman–Crippen LogP) is 4.41. The molecule has 0 spiro atoms. The molecule has 0 bridgehead atoms. The summed E-state index contributed by atoms with van der Waals surface area (Å²) in [6, 6.07) is 4.47. The van der Waals surface area contributed by atoms with Crippen molar-refractivity contribution in [3.8, 4) is 0 Å². The molecule has 0 atom stereocenters. The van der Waals surface area contributed by atoms with Crippen molar-refractivity contribution >= 4 is 40.5 Å². The van der Waals surface area contributed by atoms with E-state index in [0.717, 1.165) is 6.07 Å². The van der Waals surface area contributed by atoms with Gasteiger partial charge in [-0.2, -0.15) is 0 Å². The Bertz CT molecular complexity index is 712. The summed E-state index contributed by atoms with van der Waals surface area (Å²) in [7, 11) is 0. The number of carbonyl (C=O) groups excluding carboxylic acids is 1. The van der Waals surface area contributed by atoms with Crippen LogP contribution in [0.2, 0.25) is 10.0 Å². The Kier molecular flexibility index (Phi) is 4.34. The molecule has 0 saturated carbocycles. The first kappa shape index (κ1) is 15.5. The molecule has 0 saturated heterocycles. The molecule has 110 valence electrons. The largest absolute Gasteiger partial charge is 0.398 e. The monoisotopic (exact) mass is 330 g/mol. The molecule has 0 aliphatic rings. The van der Waals surface area contributed by atoms with E-state index in [2.05, 4.69) is 5.32 Å². The maximum atomic E-state index is 13.6. The second-order valence-electron chi connectivity index (χ2n) is 4.38. The van der Waals surface area contributed by atoms with Crippen LogP contribution in [0.1, 0.15) is 15.9 Å². The molecular formula is C14H10Cl2F2N2O. The SMILES string of the molecule is Cc1cc(Cl)cc(C(=O)Nc2c(F)cc(F)cc2Cl)c1N. The molecule has 2 rings (SSSR count). The van der Waals surface area contributed by atoms with Crippen molar-refractivity contribution in [2.75, 3.05) is 11.1 Å². The summed E-state index contributed by atoms with van der Waals surface area (Å²) < 4.78 is 26.6. The Labute approximate surface area is 129 Å². The van der Waals surface area contributed by atoms with E-state index >= 15 is 0 Å². The van der Waals surface area contributed by atoms with Gasteiger partial charge in [-0.3, -0.25) is 4.79 Å². The fourth-order valence-electron chi connectivity index (χ4n) is 1.78. The van der Waals surface area contributed by atoms with Crippen LogP contribution < -0.4 is 11.1 Å². The van der Waals surface area contributed by atoms with E-state index < -0.39 is 17.5 Å². The van der Waals surface area contributed by atoms with Crippen LogP contribution in [-0.2, 0) is 0 Å². The van der Waals surface area contributed by atoms with E-state index in [1.165, 1.54) is 6.07 Å². The third-order valence-electron chi connectivity index (χ3n) is 2.84. The summed E-state index contributed by atoms with van der Waals surface area (Å²) in [5, 5.41) is 2.33. The van der Waals surface area contributed by atoms with Gasteiger partial charge in [-0.1, -0.05) is 23.2 Å². The van der Waals surface area contributed by atoms with Gasteiger partial charge < -0.3 is 11.1 Å². The van der Waals surface area contributed by atoms with Crippen LogP contribution >= 0.6 is 23.2 Å². The number of anilines is 2. The van der Waals surface area contributed by atoms with E-state index in [9.17, 15) is 13.6 Å². The van der Waals surface area contributed by atoms with Crippen molar-refractivity contribution in [3.05, 3.63) is 57.1 Å². The Hall–Kier alpha value is -1.85. The summed E-state index contributed by atoms with van der Waals surface area (Å²) in [4.78, 5) is 12.2. The van der Waals surface area contributed by atoms with Gasteiger partial charge in [-0.25, -0.2) is 8.78 Å². The highest BCUT2D eigenvalue weighted by atomic mass is 35.5. The molecule has 0 heterocycles. The van der Waals surface area contributed by atoms with Crippen molar-refractivity contribution in [2.45, 2.75) is 6.92 Å². The molecular weight excluding hydrogens is 321 g/mol. The summed E-state index contributed by atoms with van der Waals surface area (Å²) >= 11 is 11.6. The average molecular weight is 331 g/mol. The van der Waals surface area contributed by atoms with Crippen LogP contribution in [0.15, 0.2) is 24.3 Å². The molecule has 3 nitrogen and oxygen atoms in total. The molecule has 0 aliphatic heterocycles. The topological polar surface area (TPSA) is 55.1 Å². The number of nitrogen functional groups attached to an aromatic ring is 1. The van der Waals surface area contributed by atoms with E-state index in [-0.39, 0.29) is 22.0 Å². The van der Waals surface area contributed by atoms with E-state index in [1.807, 2.05) is 0 Å². The number of carbonyl (C=O) groups is 1. The quantitative estimate of drug-likeness (QED) is 0.801. The summed E-state index contributed by atoms with van der Waals surface area (Å²) in [6.45, 7) is 1.68. The van der Waals surface area contributed by atoms with Crippen LogP contribution in [0.5, 0.6) is 0 Å². The van der Waals surface area contributed by atoms with Crippen LogP contribution in [0, 0.1) is 18.6 Å². The fraction of sp³-hybridized carbons (Fsp3) is 0.0714. The first-order valence-electron chi connectivity index (χ1n) is 5.81. The van der Waals surface area contributed by atoms with Crippen LogP contribution in [-0.4, -0.2) is 5.91 Å². The molecule has 0 radical (unpaired) electrons.